The van der Waals surface area contributed by atoms with E-state index >= 15 is 0 Å². The fourth-order valence-corrected chi connectivity index (χ4v) is 2.50. The number of aromatic carboxylic acids is 1. The van der Waals surface area contributed by atoms with Crippen molar-refractivity contribution >= 4 is 29.2 Å². The Bertz CT molecular complexity index is 672. The second-order valence-corrected chi connectivity index (χ2v) is 6.35. The molecule has 2 N–H and O–H groups in total. The SMILES string of the molecule is CC(C)(C)c1[nH]nc(C(=O)O)c1-c1ccc(Cl)cc1Cl. The lowest BCUT2D eigenvalue weighted by Crippen LogP contribution is -2.13. The number of carbonyl (C=O) groups is 1. The number of nitrogens with one attached hydrogen (secondary N) is 1. The summed E-state index contributed by atoms with van der Waals surface area (Å²) in [4.78, 5) is 11.4. The number of carboxylic acids is 1. The van der Waals surface area contributed by atoms with Gasteiger partial charge in [0, 0.05) is 27.3 Å². The van der Waals surface area contributed by atoms with Crippen molar-refractivity contribution in [2.45, 2.75) is 26.2 Å². The molecule has 0 aliphatic carbocycles. The predicted molar refractivity (Wildman–Crippen MR) is 79.7 cm³/mol. The molecule has 1 aromatic heterocycles. The van der Waals surface area contributed by atoms with Gasteiger partial charge in [-0.1, -0.05) is 50.0 Å². The lowest BCUT2D eigenvalue weighted by atomic mass is 9.86. The molecular formula is C14H14Cl2N2O2. The molecule has 20 heavy (non-hydrogen) atoms. The van der Waals surface area contributed by atoms with Crippen molar-refractivity contribution in [2.75, 3.05) is 0 Å². The standard InChI is InChI=1S/C14H14Cl2N2O2/c1-14(2,3)12-10(11(13(19)20)17-18-12)8-5-4-7(15)6-9(8)16/h4-6H,1-3H3,(H,17,18)(H,19,20). The molecule has 2 rings (SSSR count). The Balaban J connectivity index is 2.76. The van der Waals surface area contributed by atoms with Crippen molar-refractivity contribution in [1.29, 1.82) is 0 Å². The van der Waals surface area contributed by atoms with Crippen molar-refractivity contribution in [3.8, 4) is 11.1 Å². The molecule has 0 aliphatic rings. The number of nitrogens with zero attached hydrogens (tertiary/aromatic N) is 1. The number of aromatic nitrogens is 2. The second-order valence-electron chi connectivity index (χ2n) is 5.50. The number of rotatable bonds is 2. The van der Waals surface area contributed by atoms with Gasteiger partial charge >= 0.3 is 5.97 Å². The molecule has 2 aromatic rings. The number of halogens is 2. The number of carboxylic acid groups (broad SMARTS) is 1. The number of hydrogen-bond donors (Lipinski definition) is 2. The van der Waals surface area contributed by atoms with Gasteiger partial charge in [-0.15, -0.1) is 0 Å². The summed E-state index contributed by atoms with van der Waals surface area (Å²) in [6.45, 7) is 5.92. The largest absolute Gasteiger partial charge is 0.476 e. The quantitative estimate of drug-likeness (QED) is 0.864. The third-order valence-corrected chi connectivity index (χ3v) is 3.47. The van der Waals surface area contributed by atoms with Crippen LogP contribution in [0.25, 0.3) is 11.1 Å². The van der Waals surface area contributed by atoms with Crippen LogP contribution in [-0.2, 0) is 5.41 Å². The molecule has 0 saturated heterocycles. The van der Waals surface area contributed by atoms with E-state index in [4.69, 9.17) is 23.2 Å². The molecule has 0 amide bonds. The van der Waals surface area contributed by atoms with Crippen LogP contribution >= 0.6 is 23.2 Å². The summed E-state index contributed by atoms with van der Waals surface area (Å²) in [5.74, 6) is -1.10. The van der Waals surface area contributed by atoms with E-state index in [2.05, 4.69) is 10.2 Å². The van der Waals surface area contributed by atoms with Crippen molar-refractivity contribution in [3.63, 3.8) is 0 Å². The van der Waals surface area contributed by atoms with E-state index in [-0.39, 0.29) is 11.1 Å². The van der Waals surface area contributed by atoms with Crippen LogP contribution in [0, 0.1) is 0 Å². The Labute approximate surface area is 126 Å². The molecule has 0 saturated carbocycles. The van der Waals surface area contributed by atoms with Crippen LogP contribution < -0.4 is 0 Å². The second kappa shape index (κ2) is 5.11. The monoisotopic (exact) mass is 312 g/mol. The van der Waals surface area contributed by atoms with Gasteiger partial charge in [0.15, 0.2) is 5.69 Å². The van der Waals surface area contributed by atoms with Crippen LogP contribution in [0.15, 0.2) is 18.2 Å². The van der Waals surface area contributed by atoms with Gasteiger partial charge < -0.3 is 5.11 Å². The van der Waals surface area contributed by atoms with Crippen LogP contribution in [0.5, 0.6) is 0 Å². The molecule has 0 fully saturated rings. The average Bonchev–Trinajstić information content (AvgIpc) is 2.72. The molecule has 4 nitrogen and oxygen atoms in total. The zero-order valence-corrected chi connectivity index (χ0v) is 12.8. The summed E-state index contributed by atoms with van der Waals surface area (Å²) in [6, 6.07) is 4.97. The van der Waals surface area contributed by atoms with E-state index in [1.165, 1.54) is 0 Å². The molecular weight excluding hydrogens is 299 g/mol. The molecule has 0 radical (unpaired) electrons. The molecule has 1 heterocycles. The summed E-state index contributed by atoms with van der Waals surface area (Å²) in [5.41, 5.74) is 1.50. The highest BCUT2D eigenvalue weighted by Gasteiger charge is 2.28. The maximum absolute atomic E-state index is 11.4. The molecule has 0 aliphatic heterocycles. The van der Waals surface area contributed by atoms with Gasteiger partial charge in [-0.2, -0.15) is 5.10 Å². The third kappa shape index (κ3) is 2.67. The summed E-state index contributed by atoms with van der Waals surface area (Å²) in [5, 5.41) is 16.9. The fraction of sp³-hybridized carbons (Fsp3) is 0.286. The van der Waals surface area contributed by atoms with E-state index in [0.717, 1.165) is 5.69 Å². The number of H-pyrrole nitrogens is 1. The molecule has 0 atom stereocenters. The minimum atomic E-state index is -1.10. The van der Waals surface area contributed by atoms with E-state index in [1.54, 1.807) is 18.2 Å². The highest BCUT2D eigenvalue weighted by Crippen LogP contribution is 2.38. The van der Waals surface area contributed by atoms with Crippen molar-refractivity contribution in [1.82, 2.24) is 10.2 Å². The van der Waals surface area contributed by atoms with E-state index in [1.807, 2.05) is 20.8 Å². The highest BCUT2D eigenvalue weighted by atomic mass is 35.5. The molecule has 6 heteroatoms. The topological polar surface area (TPSA) is 66.0 Å². The van der Waals surface area contributed by atoms with Crippen LogP contribution in [0.2, 0.25) is 10.0 Å². The Hall–Kier alpha value is -1.52. The Morgan fingerprint density at radius 3 is 2.45 bits per heavy atom. The van der Waals surface area contributed by atoms with Crippen LogP contribution in [-0.4, -0.2) is 21.3 Å². The fourth-order valence-electron chi connectivity index (χ4n) is 1.99. The maximum Gasteiger partial charge on any atom is 0.357 e. The maximum atomic E-state index is 11.4. The van der Waals surface area contributed by atoms with Crippen LogP contribution in [0.4, 0.5) is 0 Å². The minimum Gasteiger partial charge on any atom is -0.476 e. The van der Waals surface area contributed by atoms with Gasteiger partial charge in [-0.3, -0.25) is 5.10 Å². The van der Waals surface area contributed by atoms with Crippen LogP contribution in [0.1, 0.15) is 37.0 Å². The summed E-state index contributed by atoms with van der Waals surface area (Å²) in [6.07, 6.45) is 0. The molecule has 0 spiro atoms. The first kappa shape index (κ1) is 14.9. The van der Waals surface area contributed by atoms with E-state index in [0.29, 0.717) is 21.2 Å². The predicted octanol–water partition coefficient (Wildman–Crippen LogP) is 4.38. The van der Waals surface area contributed by atoms with E-state index in [9.17, 15) is 9.90 Å². The zero-order chi connectivity index (χ0) is 15.1. The average molecular weight is 313 g/mol. The molecule has 0 unspecified atom stereocenters. The van der Waals surface area contributed by atoms with Gasteiger partial charge in [-0.25, -0.2) is 4.79 Å². The number of benzene rings is 1. The molecule has 1 aromatic carbocycles. The van der Waals surface area contributed by atoms with E-state index < -0.39 is 5.97 Å². The first-order valence-electron chi connectivity index (χ1n) is 5.99. The Morgan fingerprint density at radius 1 is 1.30 bits per heavy atom. The highest BCUT2D eigenvalue weighted by molar-refractivity contribution is 6.36. The van der Waals surface area contributed by atoms with Gasteiger partial charge in [0.1, 0.15) is 0 Å². The lowest BCUT2D eigenvalue weighted by molar-refractivity contribution is 0.0691. The normalized spacial score (nSPS) is 11.7. The minimum absolute atomic E-state index is 0.0425. The van der Waals surface area contributed by atoms with Crippen molar-refractivity contribution in [2.24, 2.45) is 0 Å². The third-order valence-electron chi connectivity index (χ3n) is 2.92. The van der Waals surface area contributed by atoms with Crippen LogP contribution in [0.3, 0.4) is 0 Å². The lowest BCUT2D eigenvalue weighted by Gasteiger charge is -2.19. The zero-order valence-electron chi connectivity index (χ0n) is 11.3. The van der Waals surface area contributed by atoms with Gasteiger partial charge in [0.25, 0.3) is 0 Å². The summed E-state index contributed by atoms with van der Waals surface area (Å²) < 4.78 is 0. The molecule has 106 valence electrons. The summed E-state index contributed by atoms with van der Waals surface area (Å²) >= 11 is 12.1. The van der Waals surface area contributed by atoms with Crippen molar-refractivity contribution in [3.05, 3.63) is 39.6 Å². The number of hydrogen-bond acceptors (Lipinski definition) is 2. The van der Waals surface area contributed by atoms with Gasteiger partial charge in [0.05, 0.1) is 5.02 Å². The molecule has 0 bridgehead atoms. The smallest absolute Gasteiger partial charge is 0.357 e. The Kier molecular flexibility index (Phi) is 3.80. The van der Waals surface area contributed by atoms with Gasteiger partial charge in [-0.05, 0) is 12.1 Å². The first-order chi connectivity index (χ1) is 9.21. The van der Waals surface area contributed by atoms with Gasteiger partial charge in [0.2, 0.25) is 0 Å². The number of aromatic amines is 1. The van der Waals surface area contributed by atoms with Crippen molar-refractivity contribution < 1.29 is 9.90 Å². The Morgan fingerprint density at radius 2 is 1.95 bits per heavy atom. The summed E-state index contributed by atoms with van der Waals surface area (Å²) in [7, 11) is 0. The first-order valence-corrected chi connectivity index (χ1v) is 6.75.